The van der Waals surface area contributed by atoms with Crippen LogP contribution in [0, 0.1) is 0 Å². The number of hydrogen-bond acceptors (Lipinski definition) is 8. The molecule has 1 aliphatic heterocycles. The smallest absolute Gasteiger partial charge is 0.168 e. The topological polar surface area (TPSA) is 140 Å². The van der Waals surface area contributed by atoms with E-state index in [4.69, 9.17) is 10.5 Å². The highest BCUT2D eigenvalue weighted by molar-refractivity contribution is 5.82. The molecule has 0 amide bonds. The average molecular weight is 349 g/mol. The van der Waals surface area contributed by atoms with Crippen molar-refractivity contribution in [2.24, 2.45) is 0 Å². The summed E-state index contributed by atoms with van der Waals surface area (Å²) in [4.78, 5) is 12.8. The van der Waals surface area contributed by atoms with E-state index in [0.29, 0.717) is 17.0 Å². The van der Waals surface area contributed by atoms with Gasteiger partial charge in [0.2, 0.25) is 0 Å². The zero-order chi connectivity index (χ0) is 18.0. The third-order valence-corrected chi connectivity index (χ3v) is 4.25. The predicted octanol–water partition coefficient (Wildman–Crippen LogP) is 0.223. The molecule has 1 unspecified atom stereocenters. The van der Waals surface area contributed by atoms with Crippen LogP contribution >= 0.6 is 0 Å². The maximum atomic E-state index is 10.2. The van der Waals surface area contributed by atoms with Gasteiger partial charge in [-0.05, 0) is 12.5 Å². The van der Waals surface area contributed by atoms with Gasteiger partial charge in [-0.2, -0.15) is 0 Å². The van der Waals surface area contributed by atoms with Gasteiger partial charge >= 0.3 is 0 Å². The molecule has 0 aliphatic carbocycles. The number of nitrogens with two attached hydrogens (primary N) is 1. The normalized spacial score (nSPS) is 26.9. The first-order valence-electron chi connectivity index (χ1n) is 8.35. The highest BCUT2D eigenvalue weighted by Crippen LogP contribution is 2.32. The second kappa shape index (κ2) is 7.44. The summed E-state index contributed by atoms with van der Waals surface area (Å²) >= 11 is 0. The van der Waals surface area contributed by atoms with E-state index in [1.165, 1.54) is 10.9 Å². The van der Waals surface area contributed by atoms with Crippen LogP contribution in [0.25, 0.3) is 17.2 Å². The molecule has 9 heteroatoms. The number of unbranched alkanes of at least 4 members (excludes halogenated alkanes) is 2. The van der Waals surface area contributed by atoms with Crippen LogP contribution < -0.4 is 5.73 Å². The zero-order valence-electron chi connectivity index (χ0n) is 14.0. The lowest BCUT2D eigenvalue weighted by Crippen LogP contribution is -2.33. The molecule has 136 valence electrons. The molecule has 0 saturated carbocycles. The Balaban J connectivity index is 1.94. The molecular formula is C16H23N5O4. The summed E-state index contributed by atoms with van der Waals surface area (Å²) in [7, 11) is 0. The van der Waals surface area contributed by atoms with Crippen molar-refractivity contribution in [2.75, 3.05) is 12.3 Å². The SMILES string of the molecule is CCCC/C=C/c1nc(N)c2ncn([C@@H]3O[C@H](CO)[C@@H](O)C3O)c2n1. The van der Waals surface area contributed by atoms with Crippen molar-refractivity contribution in [3.63, 3.8) is 0 Å². The maximum Gasteiger partial charge on any atom is 0.168 e. The Hall–Kier alpha value is -2.07. The number of nitrogens with zero attached hydrogens (tertiary/aromatic N) is 4. The Kier molecular flexibility index (Phi) is 5.28. The molecule has 0 spiro atoms. The average Bonchev–Trinajstić information content (AvgIpc) is 3.14. The summed E-state index contributed by atoms with van der Waals surface area (Å²) < 4.78 is 7.03. The number of aliphatic hydroxyl groups excluding tert-OH is 3. The Labute approximate surface area is 144 Å². The number of hydrogen-bond donors (Lipinski definition) is 4. The molecule has 2 aromatic rings. The van der Waals surface area contributed by atoms with Gasteiger partial charge in [0.05, 0.1) is 12.9 Å². The lowest BCUT2D eigenvalue weighted by atomic mass is 10.1. The lowest BCUT2D eigenvalue weighted by Gasteiger charge is -2.16. The van der Waals surface area contributed by atoms with Gasteiger partial charge in [0.25, 0.3) is 0 Å². The van der Waals surface area contributed by atoms with Gasteiger partial charge in [-0.25, -0.2) is 15.0 Å². The monoisotopic (exact) mass is 349 g/mol. The molecule has 2 aromatic heterocycles. The van der Waals surface area contributed by atoms with Gasteiger partial charge in [-0.1, -0.05) is 25.8 Å². The lowest BCUT2D eigenvalue weighted by molar-refractivity contribution is -0.0511. The molecule has 3 heterocycles. The number of anilines is 1. The minimum Gasteiger partial charge on any atom is -0.394 e. The fraction of sp³-hybridized carbons (Fsp3) is 0.562. The van der Waals surface area contributed by atoms with Crippen LogP contribution in [-0.2, 0) is 4.74 Å². The number of fused-ring (bicyclic) bond motifs is 1. The summed E-state index contributed by atoms with van der Waals surface area (Å²) in [6.07, 6.45) is 4.12. The number of imidazole rings is 1. The van der Waals surface area contributed by atoms with Crippen LogP contribution in [0.15, 0.2) is 12.4 Å². The minimum absolute atomic E-state index is 0.227. The first kappa shape index (κ1) is 17.7. The van der Waals surface area contributed by atoms with Gasteiger partial charge in [-0.3, -0.25) is 4.57 Å². The summed E-state index contributed by atoms with van der Waals surface area (Å²) in [5.74, 6) is 0.667. The number of nitrogen functional groups attached to an aromatic ring is 1. The van der Waals surface area contributed by atoms with Crippen LogP contribution in [0.5, 0.6) is 0 Å². The molecule has 1 saturated heterocycles. The molecule has 25 heavy (non-hydrogen) atoms. The Morgan fingerprint density at radius 1 is 1.32 bits per heavy atom. The maximum absolute atomic E-state index is 10.2. The van der Waals surface area contributed by atoms with E-state index in [0.717, 1.165) is 19.3 Å². The third-order valence-electron chi connectivity index (χ3n) is 4.25. The van der Waals surface area contributed by atoms with Crippen molar-refractivity contribution in [3.05, 3.63) is 18.2 Å². The fourth-order valence-electron chi connectivity index (χ4n) is 2.84. The zero-order valence-corrected chi connectivity index (χ0v) is 14.0. The summed E-state index contributed by atoms with van der Waals surface area (Å²) in [6, 6.07) is 0. The number of aliphatic hydroxyl groups is 3. The van der Waals surface area contributed by atoms with Crippen molar-refractivity contribution in [1.29, 1.82) is 0 Å². The van der Waals surface area contributed by atoms with Gasteiger partial charge in [0, 0.05) is 0 Å². The quantitative estimate of drug-likeness (QED) is 0.543. The third kappa shape index (κ3) is 3.36. The number of ether oxygens (including phenoxy) is 1. The highest BCUT2D eigenvalue weighted by atomic mass is 16.6. The first-order chi connectivity index (χ1) is 12.1. The number of rotatable bonds is 6. The predicted molar refractivity (Wildman–Crippen MR) is 91.3 cm³/mol. The Morgan fingerprint density at radius 3 is 2.80 bits per heavy atom. The number of allylic oxidation sites excluding steroid dienone is 1. The van der Waals surface area contributed by atoms with Crippen LogP contribution in [0.4, 0.5) is 5.82 Å². The number of aromatic nitrogens is 4. The van der Waals surface area contributed by atoms with E-state index in [2.05, 4.69) is 21.9 Å². The molecule has 0 bridgehead atoms. The summed E-state index contributed by atoms with van der Waals surface area (Å²) in [5, 5.41) is 29.4. The Morgan fingerprint density at radius 2 is 2.12 bits per heavy atom. The molecule has 5 N–H and O–H groups in total. The molecule has 1 fully saturated rings. The van der Waals surface area contributed by atoms with Crippen molar-refractivity contribution in [1.82, 2.24) is 19.5 Å². The fourth-order valence-corrected chi connectivity index (χ4v) is 2.84. The Bertz CT molecular complexity index is 762. The van der Waals surface area contributed by atoms with Crippen molar-refractivity contribution in [3.8, 4) is 0 Å². The minimum atomic E-state index is -1.21. The van der Waals surface area contributed by atoms with E-state index < -0.39 is 31.1 Å². The van der Waals surface area contributed by atoms with E-state index in [1.54, 1.807) is 6.08 Å². The molecular weight excluding hydrogens is 326 g/mol. The van der Waals surface area contributed by atoms with Gasteiger partial charge in [0.15, 0.2) is 23.5 Å². The highest BCUT2D eigenvalue weighted by Gasteiger charge is 2.44. The van der Waals surface area contributed by atoms with E-state index >= 15 is 0 Å². The van der Waals surface area contributed by atoms with E-state index in [1.807, 2.05) is 6.08 Å². The van der Waals surface area contributed by atoms with Crippen LogP contribution in [0.1, 0.15) is 38.2 Å². The standard InChI is InChI=1S/C16H23N5O4/c1-2-3-4-5-6-10-19-14(17)11-15(20-10)21(8-18-11)16-13(24)12(23)9(7-22)25-16/h5-6,8-9,12-13,16,22-24H,2-4,7H2,1H3,(H2,17,19,20)/b6-5+/t9-,12-,13?,16-/m1/s1. The van der Waals surface area contributed by atoms with Crippen molar-refractivity contribution >= 4 is 23.1 Å². The van der Waals surface area contributed by atoms with Crippen LogP contribution in [0.3, 0.4) is 0 Å². The van der Waals surface area contributed by atoms with E-state index in [-0.39, 0.29) is 5.82 Å². The molecule has 0 radical (unpaired) electrons. The second-order valence-electron chi connectivity index (χ2n) is 6.06. The molecule has 1 aliphatic rings. The first-order valence-corrected chi connectivity index (χ1v) is 8.35. The molecule has 9 nitrogen and oxygen atoms in total. The van der Waals surface area contributed by atoms with Crippen LogP contribution in [-0.4, -0.2) is 59.8 Å². The van der Waals surface area contributed by atoms with Gasteiger partial charge in [0.1, 0.15) is 23.8 Å². The van der Waals surface area contributed by atoms with Crippen molar-refractivity contribution < 1.29 is 20.1 Å². The second-order valence-corrected chi connectivity index (χ2v) is 6.06. The molecule has 0 aromatic carbocycles. The molecule has 4 atom stereocenters. The van der Waals surface area contributed by atoms with Crippen molar-refractivity contribution in [2.45, 2.75) is 50.7 Å². The largest absolute Gasteiger partial charge is 0.394 e. The summed E-state index contributed by atoms with van der Waals surface area (Å²) in [5.41, 5.74) is 6.75. The van der Waals surface area contributed by atoms with Gasteiger partial charge < -0.3 is 25.8 Å². The van der Waals surface area contributed by atoms with Crippen LogP contribution in [0.2, 0.25) is 0 Å². The molecule has 3 rings (SSSR count). The van der Waals surface area contributed by atoms with E-state index in [9.17, 15) is 15.3 Å². The van der Waals surface area contributed by atoms with Gasteiger partial charge in [-0.15, -0.1) is 0 Å². The summed E-state index contributed by atoms with van der Waals surface area (Å²) in [6.45, 7) is 1.72.